The Bertz CT molecular complexity index is 1770. The molecule has 19 heteroatoms. The van der Waals surface area contributed by atoms with Crippen LogP contribution in [0.15, 0.2) is 0 Å². The van der Waals surface area contributed by atoms with Crippen LogP contribution >= 0.6 is 15.6 Å². The van der Waals surface area contributed by atoms with E-state index in [1.807, 2.05) is 0 Å². The molecular formula is C71H138O17P2. The lowest BCUT2D eigenvalue weighted by molar-refractivity contribution is -0.161. The van der Waals surface area contributed by atoms with Crippen LogP contribution in [0.1, 0.15) is 357 Å². The number of unbranched alkanes of at least 4 members (excludes halogenated alkanes) is 37. The molecule has 0 aliphatic carbocycles. The third-order valence-corrected chi connectivity index (χ3v) is 18.3. The summed E-state index contributed by atoms with van der Waals surface area (Å²) >= 11 is 0. The smallest absolute Gasteiger partial charge is 0.462 e. The first kappa shape index (κ1) is 88.1. The highest BCUT2D eigenvalue weighted by Crippen LogP contribution is 2.45. The second-order valence-corrected chi connectivity index (χ2v) is 30.0. The third kappa shape index (κ3) is 64.8. The van der Waals surface area contributed by atoms with Crippen molar-refractivity contribution in [1.29, 1.82) is 0 Å². The lowest BCUT2D eigenvalue weighted by Gasteiger charge is -2.21. The number of carbonyl (C=O) groups is 4. The van der Waals surface area contributed by atoms with Gasteiger partial charge in [-0.3, -0.25) is 37.3 Å². The summed E-state index contributed by atoms with van der Waals surface area (Å²) in [6.07, 6.45) is 45.9. The number of phosphoric acid groups is 2. The Balaban J connectivity index is 5.21. The number of esters is 4. The van der Waals surface area contributed by atoms with Gasteiger partial charge >= 0.3 is 39.5 Å². The number of hydrogen-bond acceptors (Lipinski definition) is 15. The number of aliphatic hydroxyl groups is 1. The maximum atomic E-state index is 13.0. The van der Waals surface area contributed by atoms with E-state index in [4.69, 9.17) is 37.0 Å². The SMILES string of the molecule is CCCCCCCCCCC(=O)OC[C@H](COP(=O)(O)OC[C@H](O)COP(=O)(O)OC[C@@H](COC(=O)CCCCCCCCCCCCC(C)C)OC(=O)CCCCCCCCCCCCCCCCCC(C)C)OC(=O)CCCCCCCCCCC(C)C. The predicted molar refractivity (Wildman–Crippen MR) is 363 cm³/mol. The molecule has 0 aromatic carbocycles. The highest BCUT2D eigenvalue weighted by atomic mass is 31.2. The number of phosphoric ester groups is 2. The topological polar surface area (TPSA) is 237 Å². The average Bonchev–Trinajstić information content (AvgIpc) is 2.90. The van der Waals surface area contributed by atoms with E-state index in [1.165, 1.54) is 161 Å². The molecule has 0 aliphatic heterocycles. The molecule has 0 aromatic rings. The molecule has 0 saturated carbocycles. The van der Waals surface area contributed by atoms with Crippen LogP contribution in [0.4, 0.5) is 0 Å². The van der Waals surface area contributed by atoms with Crippen molar-refractivity contribution in [3.63, 3.8) is 0 Å². The molecule has 0 heterocycles. The summed E-state index contributed by atoms with van der Waals surface area (Å²) in [5, 5.41) is 10.6. The Morgan fingerprint density at radius 1 is 0.300 bits per heavy atom. The molecule has 0 rings (SSSR count). The van der Waals surface area contributed by atoms with Crippen LogP contribution in [0.3, 0.4) is 0 Å². The second kappa shape index (κ2) is 61.9. The van der Waals surface area contributed by atoms with Crippen molar-refractivity contribution in [3.8, 4) is 0 Å². The minimum atomic E-state index is -4.95. The molecule has 534 valence electrons. The Morgan fingerprint density at radius 3 is 0.756 bits per heavy atom. The number of rotatable bonds is 69. The number of aliphatic hydroxyl groups excluding tert-OH is 1. The quantitative estimate of drug-likeness (QED) is 0.0222. The van der Waals surface area contributed by atoms with E-state index in [0.29, 0.717) is 25.7 Å². The fourth-order valence-electron chi connectivity index (χ4n) is 10.7. The Hall–Kier alpha value is -1.94. The summed E-state index contributed by atoms with van der Waals surface area (Å²) in [6, 6.07) is 0. The largest absolute Gasteiger partial charge is 0.472 e. The second-order valence-electron chi connectivity index (χ2n) is 27.1. The molecule has 2 unspecified atom stereocenters. The summed E-state index contributed by atoms with van der Waals surface area (Å²) < 4.78 is 68.2. The molecular weight excluding hydrogens is 1190 g/mol. The van der Waals surface area contributed by atoms with Crippen LogP contribution in [0, 0.1) is 17.8 Å². The van der Waals surface area contributed by atoms with Gasteiger partial charge in [-0.05, 0) is 43.4 Å². The first-order chi connectivity index (χ1) is 43.2. The Labute approximate surface area is 549 Å². The fourth-order valence-corrected chi connectivity index (χ4v) is 12.3. The highest BCUT2D eigenvalue weighted by Gasteiger charge is 2.30. The van der Waals surface area contributed by atoms with Gasteiger partial charge in [0, 0.05) is 25.7 Å². The first-order valence-electron chi connectivity index (χ1n) is 36.8. The van der Waals surface area contributed by atoms with Crippen molar-refractivity contribution in [2.24, 2.45) is 17.8 Å². The van der Waals surface area contributed by atoms with Gasteiger partial charge < -0.3 is 33.8 Å². The van der Waals surface area contributed by atoms with E-state index in [1.54, 1.807) is 0 Å². The summed E-state index contributed by atoms with van der Waals surface area (Å²) in [7, 11) is -9.90. The number of ether oxygens (including phenoxy) is 4. The van der Waals surface area contributed by atoms with Crippen LogP contribution in [-0.4, -0.2) is 96.7 Å². The first-order valence-corrected chi connectivity index (χ1v) is 39.8. The summed E-state index contributed by atoms with van der Waals surface area (Å²) in [5.41, 5.74) is 0. The lowest BCUT2D eigenvalue weighted by Crippen LogP contribution is -2.30. The van der Waals surface area contributed by atoms with Crippen molar-refractivity contribution in [3.05, 3.63) is 0 Å². The van der Waals surface area contributed by atoms with E-state index in [0.717, 1.165) is 114 Å². The van der Waals surface area contributed by atoms with E-state index < -0.39 is 97.5 Å². The molecule has 0 aromatic heterocycles. The van der Waals surface area contributed by atoms with Crippen molar-refractivity contribution in [2.45, 2.75) is 375 Å². The zero-order valence-corrected chi connectivity index (χ0v) is 60.4. The monoisotopic (exact) mass is 1320 g/mol. The molecule has 90 heavy (non-hydrogen) atoms. The molecule has 0 spiro atoms. The van der Waals surface area contributed by atoms with Crippen LogP contribution < -0.4 is 0 Å². The number of hydrogen-bond donors (Lipinski definition) is 3. The maximum Gasteiger partial charge on any atom is 0.472 e. The highest BCUT2D eigenvalue weighted by molar-refractivity contribution is 7.47. The van der Waals surface area contributed by atoms with Gasteiger partial charge in [-0.1, -0.05) is 305 Å². The molecule has 0 saturated heterocycles. The maximum absolute atomic E-state index is 13.0. The van der Waals surface area contributed by atoms with Gasteiger partial charge in [-0.25, -0.2) is 9.13 Å². The van der Waals surface area contributed by atoms with Crippen LogP contribution in [0.25, 0.3) is 0 Å². The molecule has 0 bridgehead atoms. The minimum Gasteiger partial charge on any atom is -0.462 e. The van der Waals surface area contributed by atoms with Crippen LogP contribution in [0.2, 0.25) is 0 Å². The molecule has 5 atom stereocenters. The zero-order valence-electron chi connectivity index (χ0n) is 58.6. The van der Waals surface area contributed by atoms with Crippen LogP contribution in [0.5, 0.6) is 0 Å². The van der Waals surface area contributed by atoms with Gasteiger partial charge in [0.25, 0.3) is 0 Å². The van der Waals surface area contributed by atoms with Crippen molar-refractivity contribution < 1.29 is 80.2 Å². The van der Waals surface area contributed by atoms with Crippen molar-refractivity contribution in [2.75, 3.05) is 39.6 Å². The van der Waals surface area contributed by atoms with Gasteiger partial charge in [-0.15, -0.1) is 0 Å². The van der Waals surface area contributed by atoms with Gasteiger partial charge in [0.05, 0.1) is 26.4 Å². The molecule has 0 fully saturated rings. The van der Waals surface area contributed by atoms with Gasteiger partial charge in [0.2, 0.25) is 0 Å². The molecule has 0 radical (unpaired) electrons. The third-order valence-electron chi connectivity index (χ3n) is 16.4. The standard InChI is InChI=1S/C71H138O17P2/c1-8-9-10-11-12-31-38-45-52-68(73)81-58-66(88-71(76)55-48-41-34-27-26-30-37-44-51-64(6)7)60-85-89(77,78)83-56-65(72)57-84-90(79,80)86-61-67(59-82-69(74)53-46-39-32-24-21-20-23-29-36-43-50-63(4)5)87-70(75)54-47-40-33-25-19-17-15-13-14-16-18-22-28-35-42-49-62(2)3/h62-67,72H,8-61H2,1-7H3,(H,77,78)(H,79,80)/t65-,66+,67+/m0/s1. The van der Waals surface area contributed by atoms with Gasteiger partial charge in [0.15, 0.2) is 12.2 Å². The fraction of sp³-hybridized carbons (Fsp3) is 0.944. The van der Waals surface area contributed by atoms with E-state index in [2.05, 4.69) is 48.5 Å². The molecule has 0 amide bonds. The van der Waals surface area contributed by atoms with Crippen molar-refractivity contribution in [1.82, 2.24) is 0 Å². The zero-order chi connectivity index (χ0) is 66.6. The normalized spacial score (nSPS) is 14.2. The Morgan fingerprint density at radius 2 is 0.511 bits per heavy atom. The lowest BCUT2D eigenvalue weighted by atomic mass is 10.0. The van der Waals surface area contributed by atoms with E-state index in [-0.39, 0.29) is 25.7 Å². The van der Waals surface area contributed by atoms with Crippen LogP contribution in [-0.2, 0) is 65.4 Å². The summed E-state index contributed by atoms with van der Waals surface area (Å²) in [6.45, 7) is 11.8. The van der Waals surface area contributed by atoms with Gasteiger partial charge in [-0.2, -0.15) is 0 Å². The molecule has 17 nitrogen and oxygen atoms in total. The predicted octanol–water partition coefficient (Wildman–Crippen LogP) is 20.2. The Kier molecular flexibility index (Phi) is 60.6. The minimum absolute atomic E-state index is 0.104. The average molecular weight is 1330 g/mol. The summed E-state index contributed by atoms with van der Waals surface area (Å²) in [4.78, 5) is 72.5. The molecule has 3 N–H and O–H groups in total. The number of carbonyl (C=O) groups excluding carboxylic acids is 4. The summed E-state index contributed by atoms with van der Waals surface area (Å²) in [5.74, 6) is 0.151. The van der Waals surface area contributed by atoms with Crippen molar-refractivity contribution >= 4 is 39.5 Å². The molecule has 0 aliphatic rings. The van der Waals surface area contributed by atoms with Gasteiger partial charge in [0.1, 0.15) is 19.3 Å². The van der Waals surface area contributed by atoms with E-state index >= 15 is 0 Å². The van der Waals surface area contributed by atoms with E-state index in [9.17, 15) is 43.2 Å².